The largest absolute Gasteiger partial charge is 0.385 e. The number of aromatic nitrogens is 1. The normalized spacial score (nSPS) is 16.9. The summed E-state index contributed by atoms with van der Waals surface area (Å²) in [5, 5.41) is 11.1. The van der Waals surface area contributed by atoms with Crippen LogP contribution in [0, 0.1) is 0 Å². The van der Waals surface area contributed by atoms with Crippen LogP contribution in [0.5, 0.6) is 0 Å². The van der Waals surface area contributed by atoms with Gasteiger partial charge in [-0.05, 0) is 32.1 Å². The molecule has 7 nitrogen and oxygen atoms in total. The monoisotopic (exact) mass is 379 g/mol. The van der Waals surface area contributed by atoms with Crippen LogP contribution in [0.25, 0.3) is 0 Å². The highest BCUT2D eigenvalue weighted by atomic mass is 16.5. The molecule has 1 aromatic heterocycles. The van der Waals surface area contributed by atoms with Crippen molar-refractivity contribution >= 4 is 5.96 Å². The summed E-state index contributed by atoms with van der Waals surface area (Å²) < 4.78 is 10.6. The number of nitrogens with zero attached hydrogens (tertiary/aromatic N) is 3. The number of ether oxygens (including phenoxy) is 1. The Kier molecular flexibility index (Phi) is 9.62. The molecule has 1 aliphatic rings. The van der Waals surface area contributed by atoms with Crippen LogP contribution >= 0.6 is 0 Å². The fraction of sp³-hybridized carbons (Fsp3) is 0.800. The smallest absolute Gasteiger partial charge is 0.191 e. The maximum Gasteiger partial charge on any atom is 0.191 e. The zero-order chi connectivity index (χ0) is 19.5. The molecule has 2 N–H and O–H groups in total. The maximum atomic E-state index is 5.48. The first-order valence-corrected chi connectivity index (χ1v) is 10.3. The van der Waals surface area contributed by atoms with E-state index in [2.05, 4.69) is 45.6 Å². The molecular weight excluding hydrogens is 342 g/mol. The molecule has 1 aromatic rings. The fourth-order valence-electron chi connectivity index (χ4n) is 3.60. The van der Waals surface area contributed by atoms with Crippen molar-refractivity contribution in [2.45, 2.75) is 64.5 Å². The van der Waals surface area contributed by atoms with Crippen LogP contribution in [0.2, 0.25) is 0 Å². The van der Waals surface area contributed by atoms with Crippen LogP contribution in [-0.2, 0) is 11.3 Å². The first-order chi connectivity index (χ1) is 13.2. The quantitative estimate of drug-likeness (QED) is 0.370. The van der Waals surface area contributed by atoms with Crippen LogP contribution < -0.4 is 10.6 Å². The average molecular weight is 380 g/mol. The summed E-state index contributed by atoms with van der Waals surface area (Å²) in [7, 11) is 3.57. The van der Waals surface area contributed by atoms with Crippen molar-refractivity contribution in [1.29, 1.82) is 0 Å². The molecule has 0 saturated carbocycles. The van der Waals surface area contributed by atoms with Crippen LogP contribution in [0.3, 0.4) is 0 Å². The number of methoxy groups -OCH3 is 1. The summed E-state index contributed by atoms with van der Waals surface area (Å²) in [6.07, 6.45) is 5.55. The van der Waals surface area contributed by atoms with Crippen LogP contribution in [0.4, 0.5) is 0 Å². The van der Waals surface area contributed by atoms with Crippen molar-refractivity contribution in [1.82, 2.24) is 20.7 Å². The Hall–Kier alpha value is -1.60. The highest BCUT2D eigenvalue weighted by Crippen LogP contribution is 2.22. The Balaban J connectivity index is 1.72. The summed E-state index contributed by atoms with van der Waals surface area (Å²) in [6.45, 7) is 9.19. The number of hydrogen-bond acceptors (Lipinski definition) is 5. The zero-order valence-electron chi connectivity index (χ0n) is 17.5. The molecule has 2 heterocycles. The molecule has 0 unspecified atom stereocenters. The van der Waals surface area contributed by atoms with Crippen molar-refractivity contribution < 1.29 is 9.26 Å². The second-order valence-corrected chi connectivity index (χ2v) is 7.26. The van der Waals surface area contributed by atoms with Crippen molar-refractivity contribution in [3.63, 3.8) is 0 Å². The van der Waals surface area contributed by atoms with Crippen molar-refractivity contribution in [3.8, 4) is 0 Å². The molecule has 0 atom stereocenters. The Morgan fingerprint density at radius 3 is 2.74 bits per heavy atom. The molecule has 1 aliphatic heterocycles. The molecular formula is C20H37N5O2. The highest BCUT2D eigenvalue weighted by Gasteiger charge is 2.20. The topological polar surface area (TPSA) is 74.9 Å². The van der Waals surface area contributed by atoms with E-state index < -0.39 is 0 Å². The van der Waals surface area contributed by atoms with Gasteiger partial charge in [-0.2, -0.15) is 0 Å². The van der Waals surface area contributed by atoms with Crippen LogP contribution in [0.1, 0.15) is 63.3 Å². The number of likely N-dealkylation sites (tertiary alicyclic amines) is 1. The molecule has 2 rings (SSSR count). The summed E-state index contributed by atoms with van der Waals surface area (Å²) >= 11 is 0. The summed E-state index contributed by atoms with van der Waals surface area (Å²) in [5.41, 5.74) is 1.06. The molecule has 0 amide bonds. The second-order valence-electron chi connectivity index (χ2n) is 7.26. The number of piperidine rings is 1. The molecule has 154 valence electrons. The van der Waals surface area contributed by atoms with Gasteiger partial charge in [0.05, 0.1) is 12.2 Å². The molecule has 0 radical (unpaired) electrons. The van der Waals surface area contributed by atoms with Crippen molar-refractivity contribution in [2.75, 3.05) is 40.4 Å². The van der Waals surface area contributed by atoms with Gasteiger partial charge >= 0.3 is 0 Å². The van der Waals surface area contributed by atoms with E-state index in [1.807, 2.05) is 7.05 Å². The van der Waals surface area contributed by atoms with E-state index in [0.717, 1.165) is 75.8 Å². The minimum absolute atomic E-state index is 0.463. The van der Waals surface area contributed by atoms with E-state index in [1.165, 1.54) is 0 Å². The van der Waals surface area contributed by atoms with E-state index in [9.17, 15) is 0 Å². The van der Waals surface area contributed by atoms with E-state index in [4.69, 9.17) is 9.26 Å². The number of hydrogen-bond donors (Lipinski definition) is 2. The lowest BCUT2D eigenvalue weighted by molar-refractivity contribution is 0.155. The van der Waals surface area contributed by atoms with Gasteiger partial charge in [0.1, 0.15) is 0 Å². The Morgan fingerprint density at radius 2 is 2.11 bits per heavy atom. The first-order valence-electron chi connectivity index (χ1n) is 10.3. The third-order valence-corrected chi connectivity index (χ3v) is 5.39. The van der Waals surface area contributed by atoms with Gasteiger partial charge in [0, 0.05) is 58.4 Å². The predicted octanol–water partition coefficient (Wildman–Crippen LogP) is 2.74. The molecule has 0 bridgehead atoms. The lowest BCUT2D eigenvalue weighted by Crippen LogP contribution is -2.48. The van der Waals surface area contributed by atoms with Crippen LogP contribution in [-0.4, -0.2) is 62.5 Å². The van der Waals surface area contributed by atoms with E-state index in [1.54, 1.807) is 7.11 Å². The van der Waals surface area contributed by atoms with Gasteiger partial charge < -0.3 is 24.8 Å². The lowest BCUT2D eigenvalue weighted by atomic mass is 9.99. The Labute approximate surface area is 163 Å². The van der Waals surface area contributed by atoms with Gasteiger partial charge in [-0.1, -0.05) is 19.0 Å². The maximum absolute atomic E-state index is 5.48. The Morgan fingerprint density at radius 1 is 1.37 bits per heavy atom. The van der Waals surface area contributed by atoms with Crippen molar-refractivity contribution in [2.24, 2.45) is 4.99 Å². The molecule has 27 heavy (non-hydrogen) atoms. The molecule has 0 spiro atoms. The standard InChI is InChI=1S/C20H37N5O2/c1-5-16(6-2)19-14-18(27-24-19)15-22-20(21-3)23-17-8-11-25(12-9-17)10-7-13-26-4/h14,16-17H,5-13,15H2,1-4H3,(H2,21,22,23). The highest BCUT2D eigenvalue weighted by molar-refractivity contribution is 5.79. The third-order valence-electron chi connectivity index (χ3n) is 5.39. The minimum Gasteiger partial charge on any atom is -0.385 e. The molecule has 0 aromatic carbocycles. The summed E-state index contributed by atoms with van der Waals surface area (Å²) in [6, 6.07) is 2.53. The first kappa shape index (κ1) is 21.7. The molecule has 1 saturated heterocycles. The number of rotatable bonds is 10. The minimum atomic E-state index is 0.463. The summed E-state index contributed by atoms with van der Waals surface area (Å²) in [4.78, 5) is 6.87. The van der Waals surface area contributed by atoms with Gasteiger partial charge in [-0.3, -0.25) is 4.99 Å². The van der Waals surface area contributed by atoms with E-state index >= 15 is 0 Å². The third kappa shape index (κ3) is 7.14. The molecule has 1 fully saturated rings. The predicted molar refractivity (Wildman–Crippen MR) is 109 cm³/mol. The van der Waals surface area contributed by atoms with Gasteiger partial charge in [0.25, 0.3) is 0 Å². The SMILES string of the molecule is CCC(CC)c1cc(CNC(=NC)NC2CCN(CCCOC)CC2)on1. The van der Waals surface area contributed by atoms with Gasteiger partial charge in [0.15, 0.2) is 11.7 Å². The fourth-order valence-corrected chi connectivity index (χ4v) is 3.60. The van der Waals surface area contributed by atoms with Gasteiger partial charge in [-0.25, -0.2) is 0 Å². The van der Waals surface area contributed by atoms with E-state index in [0.29, 0.717) is 18.5 Å². The average Bonchev–Trinajstić information content (AvgIpc) is 3.16. The Bertz CT molecular complexity index is 548. The molecule has 7 heteroatoms. The molecule has 0 aliphatic carbocycles. The van der Waals surface area contributed by atoms with E-state index in [-0.39, 0.29) is 0 Å². The second kappa shape index (κ2) is 12.0. The van der Waals surface area contributed by atoms with Gasteiger partial charge in [-0.15, -0.1) is 0 Å². The summed E-state index contributed by atoms with van der Waals surface area (Å²) in [5.74, 6) is 2.16. The number of nitrogens with one attached hydrogen (secondary N) is 2. The number of aliphatic imine (C=N–C) groups is 1. The number of guanidine groups is 1. The lowest BCUT2D eigenvalue weighted by Gasteiger charge is -2.33. The van der Waals surface area contributed by atoms with Gasteiger partial charge in [0.2, 0.25) is 0 Å². The van der Waals surface area contributed by atoms with Crippen molar-refractivity contribution in [3.05, 3.63) is 17.5 Å². The zero-order valence-corrected chi connectivity index (χ0v) is 17.5. The van der Waals surface area contributed by atoms with Crippen LogP contribution in [0.15, 0.2) is 15.6 Å².